The average Bonchev–Trinajstić information content (AvgIpc) is 2.86. The maximum Gasteiger partial charge on any atom is 0.321 e. The fourth-order valence-electron chi connectivity index (χ4n) is 7.89. The molecule has 6 aliphatic rings. The Bertz CT molecular complexity index is 650. The van der Waals surface area contributed by atoms with E-state index in [2.05, 4.69) is 0 Å². The van der Waals surface area contributed by atoms with Gasteiger partial charge in [-0.15, -0.1) is 0 Å². The lowest BCUT2D eigenvalue weighted by atomic mass is 9.70. The van der Waals surface area contributed by atoms with E-state index in [1.165, 1.54) is 0 Å². The second-order valence-electron chi connectivity index (χ2n) is 7.58. The fourth-order valence-corrected chi connectivity index (χ4v) is 7.89. The number of ether oxygens (including phenoxy) is 2. The van der Waals surface area contributed by atoms with Gasteiger partial charge in [-0.2, -0.15) is 0 Å². The Hall–Kier alpha value is -1.72. The van der Waals surface area contributed by atoms with Crippen LogP contribution >= 0.6 is 0 Å². The van der Waals surface area contributed by atoms with E-state index < -0.39 is 56.4 Å². The molecular weight excluding hydrogens is 264 g/mol. The van der Waals surface area contributed by atoms with Gasteiger partial charge < -0.3 is 9.47 Å². The first-order valence-electron chi connectivity index (χ1n) is 6.80. The van der Waals surface area contributed by atoms with Gasteiger partial charge in [-0.3, -0.25) is 19.2 Å². The summed E-state index contributed by atoms with van der Waals surface area (Å²) in [5.41, 5.74) is -4.83. The Morgan fingerprint density at radius 3 is 1.15 bits per heavy atom. The van der Waals surface area contributed by atoms with Crippen LogP contribution in [0.15, 0.2) is 0 Å². The highest BCUT2D eigenvalue weighted by atomic mass is 16.6. The molecule has 6 nitrogen and oxygen atoms in total. The number of rotatable bonds is 0. The first-order chi connectivity index (χ1) is 9.26. The minimum absolute atomic E-state index is 0.238. The maximum atomic E-state index is 12.3. The molecule has 0 aromatic rings. The summed E-state index contributed by atoms with van der Waals surface area (Å²) in [4.78, 5) is 49.1. The van der Waals surface area contributed by atoms with Crippen LogP contribution in [0.25, 0.3) is 0 Å². The number of carbonyl (C=O) groups is 4. The SMILES string of the molecule is CC12C34CC56C(=O)OC(=O)C5(CC31C(=O)OC4=O)C62C. The molecule has 6 heteroatoms. The standard InChI is InChI=1S/C14H10O6/c1-9-10(2)13-3-11(9)5(15)19-6(16)12(9,11)4-14(10,13)8(18)20-7(13)17/h3-4H2,1-2H3. The highest BCUT2D eigenvalue weighted by Crippen LogP contribution is 3.16. The fraction of sp³-hybridized carbons (Fsp3) is 0.714. The zero-order chi connectivity index (χ0) is 14.1. The summed E-state index contributed by atoms with van der Waals surface area (Å²) in [6, 6.07) is 0. The number of hydrogen-bond donors (Lipinski definition) is 0. The van der Waals surface area contributed by atoms with E-state index in [9.17, 15) is 19.2 Å². The van der Waals surface area contributed by atoms with Crippen molar-refractivity contribution in [3.63, 3.8) is 0 Å². The first-order valence-corrected chi connectivity index (χ1v) is 6.80. The van der Waals surface area contributed by atoms with Gasteiger partial charge >= 0.3 is 23.9 Å². The van der Waals surface area contributed by atoms with Crippen LogP contribution in [0, 0.1) is 32.5 Å². The van der Waals surface area contributed by atoms with Crippen LogP contribution in [-0.2, 0) is 28.7 Å². The van der Waals surface area contributed by atoms with Crippen LogP contribution in [0.3, 0.4) is 0 Å². The molecule has 4 aliphatic carbocycles. The second-order valence-corrected chi connectivity index (χ2v) is 7.58. The van der Waals surface area contributed by atoms with Crippen LogP contribution in [-0.4, -0.2) is 23.9 Å². The third kappa shape index (κ3) is 0.371. The molecule has 0 bridgehead atoms. The van der Waals surface area contributed by atoms with E-state index >= 15 is 0 Å². The Balaban J connectivity index is 1.76. The van der Waals surface area contributed by atoms with E-state index in [1.54, 1.807) is 0 Å². The van der Waals surface area contributed by atoms with Gasteiger partial charge in [-0.05, 0) is 12.8 Å². The van der Waals surface area contributed by atoms with Crippen molar-refractivity contribution in [3.05, 3.63) is 0 Å². The topological polar surface area (TPSA) is 86.7 Å². The van der Waals surface area contributed by atoms with E-state index in [1.807, 2.05) is 13.8 Å². The van der Waals surface area contributed by atoms with E-state index in [0.717, 1.165) is 0 Å². The van der Waals surface area contributed by atoms with Crippen molar-refractivity contribution in [2.75, 3.05) is 0 Å². The molecule has 6 rings (SSSR count). The third-order valence-corrected chi connectivity index (χ3v) is 8.57. The lowest BCUT2D eigenvalue weighted by Gasteiger charge is -2.24. The number of esters is 4. The Kier molecular flexibility index (Phi) is 0.912. The summed E-state index contributed by atoms with van der Waals surface area (Å²) < 4.78 is 9.72. The smallest absolute Gasteiger partial charge is 0.321 e. The molecule has 4 saturated carbocycles. The van der Waals surface area contributed by atoms with Crippen molar-refractivity contribution in [1.82, 2.24) is 0 Å². The molecule has 0 amide bonds. The minimum atomic E-state index is -0.892. The van der Waals surface area contributed by atoms with Crippen molar-refractivity contribution in [3.8, 4) is 0 Å². The maximum absolute atomic E-state index is 12.3. The summed E-state index contributed by atoms with van der Waals surface area (Å²) in [6.45, 7) is 3.77. The first kappa shape index (κ1) is 10.1. The van der Waals surface area contributed by atoms with Gasteiger partial charge in [-0.25, -0.2) is 0 Å². The highest BCUT2D eigenvalue weighted by molar-refractivity contribution is 6.20. The summed E-state index contributed by atoms with van der Waals surface area (Å²) in [5, 5.41) is 0. The molecule has 0 N–H and O–H groups in total. The average molecular weight is 274 g/mol. The van der Waals surface area contributed by atoms with Gasteiger partial charge in [0.15, 0.2) is 0 Å². The van der Waals surface area contributed by atoms with Gasteiger partial charge in [0, 0.05) is 10.8 Å². The largest absolute Gasteiger partial charge is 0.392 e. The lowest BCUT2D eigenvalue weighted by molar-refractivity contribution is -0.164. The molecule has 0 radical (unpaired) electrons. The van der Waals surface area contributed by atoms with Gasteiger partial charge in [-0.1, -0.05) is 13.8 Å². The predicted molar refractivity (Wildman–Crippen MR) is 57.4 cm³/mol. The van der Waals surface area contributed by atoms with Gasteiger partial charge in [0.1, 0.15) is 0 Å². The number of hydrogen-bond acceptors (Lipinski definition) is 6. The normalized spacial score (nSPS) is 69.5. The van der Waals surface area contributed by atoms with E-state index in [-0.39, 0.29) is 12.8 Å². The van der Waals surface area contributed by atoms with Crippen molar-refractivity contribution in [2.24, 2.45) is 32.5 Å². The van der Waals surface area contributed by atoms with Crippen molar-refractivity contribution in [2.45, 2.75) is 26.7 Å². The van der Waals surface area contributed by atoms with Crippen molar-refractivity contribution >= 4 is 23.9 Å². The van der Waals surface area contributed by atoms with Crippen molar-refractivity contribution in [1.29, 1.82) is 0 Å². The van der Waals surface area contributed by atoms with E-state index in [0.29, 0.717) is 0 Å². The summed E-state index contributed by atoms with van der Waals surface area (Å²) in [5.74, 6) is -2.02. The Morgan fingerprint density at radius 2 is 0.900 bits per heavy atom. The summed E-state index contributed by atoms with van der Waals surface area (Å²) >= 11 is 0. The summed E-state index contributed by atoms with van der Waals surface area (Å²) in [7, 11) is 0. The summed E-state index contributed by atoms with van der Waals surface area (Å²) in [6.07, 6.45) is 0.476. The second kappa shape index (κ2) is 1.81. The monoisotopic (exact) mass is 274 g/mol. The molecule has 2 heterocycles. The molecular formula is C14H10O6. The highest BCUT2D eigenvalue weighted by Gasteiger charge is 3.23. The van der Waals surface area contributed by atoms with Crippen LogP contribution in [0.1, 0.15) is 26.7 Å². The Labute approximate surface area is 112 Å². The molecule has 102 valence electrons. The Morgan fingerprint density at radius 1 is 0.650 bits per heavy atom. The molecule has 0 aromatic heterocycles. The molecule has 4 spiro atoms. The van der Waals surface area contributed by atoms with Crippen LogP contribution in [0.4, 0.5) is 0 Å². The molecule has 6 fully saturated rings. The molecule has 20 heavy (non-hydrogen) atoms. The van der Waals surface area contributed by atoms with Crippen LogP contribution in [0.5, 0.6) is 0 Å². The number of cyclic esters (lactones) is 4. The third-order valence-electron chi connectivity index (χ3n) is 8.57. The zero-order valence-corrected chi connectivity index (χ0v) is 10.9. The minimum Gasteiger partial charge on any atom is -0.392 e. The molecule has 4 unspecified atom stereocenters. The lowest BCUT2D eigenvalue weighted by Crippen LogP contribution is -2.35. The number of carbonyl (C=O) groups excluding carboxylic acids is 4. The quantitative estimate of drug-likeness (QED) is 0.454. The van der Waals surface area contributed by atoms with Crippen LogP contribution < -0.4 is 0 Å². The zero-order valence-electron chi connectivity index (χ0n) is 10.9. The van der Waals surface area contributed by atoms with Gasteiger partial charge in [0.25, 0.3) is 0 Å². The molecule has 0 aromatic carbocycles. The molecule has 2 saturated heterocycles. The molecule has 4 atom stereocenters. The van der Waals surface area contributed by atoms with Gasteiger partial charge in [0.05, 0.1) is 21.7 Å². The van der Waals surface area contributed by atoms with Gasteiger partial charge in [0.2, 0.25) is 0 Å². The molecule has 2 aliphatic heterocycles. The van der Waals surface area contributed by atoms with Crippen LogP contribution in [0.2, 0.25) is 0 Å². The van der Waals surface area contributed by atoms with Crippen molar-refractivity contribution < 1.29 is 28.7 Å². The van der Waals surface area contributed by atoms with E-state index in [4.69, 9.17) is 9.47 Å². The predicted octanol–water partition coefficient (Wildman–Crippen LogP) is -0.0540.